The molecule has 0 bridgehead atoms. The number of nitrogens with one attached hydrogen (secondary N) is 1. The second-order valence-corrected chi connectivity index (χ2v) is 9.32. The van der Waals surface area contributed by atoms with Crippen LogP contribution in [0.15, 0.2) is 35.2 Å². The van der Waals surface area contributed by atoms with Gasteiger partial charge in [-0.25, -0.2) is 8.42 Å². The molecule has 28 heavy (non-hydrogen) atoms. The van der Waals surface area contributed by atoms with Gasteiger partial charge in [0.15, 0.2) is 0 Å². The van der Waals surface area contributed by atoms with Crippen molar-refractivity contribution in [2.24, 2.45) is 0 Å². The third-order valence-corrected chi connectivity index (χ3v) is 6.85. The van der Waals surface area contributed by atoms with Crippen LogP contribution in [0.5, 0.6) is 0 Å². The first-order valence-electron chi connectivity index (χ1n) is 9.04. The first-order valence-corrected chi connectivity index (χ1v) is 10.6. The molecule has 152 valence electrons. The fourth-order valence-electron chi connectivity index (χ4n) is 3.47. The molecule has 1 saturated carbocycles. The summed E-state index contributed by atoms with van der Waals surface area (Å²) in [5.41, 5.74) is 2.58. The Kier molecular flexibility index (Phi) is 5.44. The number of benzene rings is 1. The van der Waals surface area contributed by atoms with Gasteiger partial charge in [-0.1, -0.05) is 12.1 Å². The molecule has 0 aliphatic heterocycles. The van der Waals surface area contributed by atoms with E-state index in [9.17, 15) is 21.6 Å². The second kappa shape index (κ2) is 7.39. The number of aryl methyl sites for hydroxylation is 1. The van der Waals surface area contributed by atoms with Crippen LogP contribution in [0.2, 0.25) is 0 Å². The van der Waals surface area contributed by atoms with E-state index < -0.39 is 27.7 Å². The topological polar surface area (TPSA) is 59.1 Å². The third-order valence-electron chi connectivity index (χ3n) is 5.32. The lowest BCUT2D eigenvalue weighted by atomic mass is 10.0. The van der Waals surface area contributed by atoms with E-state index in [-0.39, 0.29) is 16.5 Å². The Labute approximate surface area is 163 Å². The highest BCUT2D eigenvalue weighted by molar-refractivity contribution is 7.91. The van der Waals surface area contributed by atoms with Crippen LogP contribution >= 0.6 is 0 Å². The van der Waals surface area contributed by atoms with Crippen LogP contribution in [0, 0.1) is 13.8 Å². The van der Waals surface area contributed by atoms with Crippen molar-refractivity contribution in [3.63, 3.8) is 0 Å². The van der Waals surface area contributed by atoms with Gasteiger partial charge in [-0.05, 0) is 62.9 Å². The standard InChI is InChI=1S/C20H23F3N2O2S/c1-12-9-15(10-18(24-12)20(11-21)7-8-20)25-14(3)16-5-4-6-17(13(16)2)28(26,27)19(22)23/h4-6,9-10,14,19H,7-8,11H2,1-3H3,(H,24,25)/t14-/m1/s1. The number of rotatable bonds is 7. The first-order chi connectivity index (χ1) is 13.1. The number of anilines is 1. The maximum atomic E-state index is 13.4. The Bertz CT molecular complexity index is 989. The summed E-state index contributed by atoms with van der Waals surface area (Å²) < 4.78 is 63.1. The molecule has 0 radical (unpaired) electrons. The molecule has 0 amide bonds. The molecular weight excluding hydrogens is 389 g/mol. The molecule has 8 heteroatoms. The van der Waals surface area contributed by atoms with E-state index in [0.29, 0.717) is 11.3 Å². The lowest BCUT2D eigenvalue weighted by molar-refractivity contribution is 0.234. The zero-order valence-corrected chi connectivity index (χ0v) is 16.8. The summed E-state index contributed by atoms with van der Waals surface area (Å²) in [6, 6.07) is 7.65. The molecule has 1 fully saturated rings. The maximum Gasteiger partial charge on any atom is 0.341 e. The minimum atomic E-state index is -4.68. The number of aromatic nitrogens is 1. The number of hydrogen-bond acceptors (Lipinski definition) is 4. The van der Waals surface area contributed by atoms with E-state index in [1.54, 1.807) is 6.07 Å². The molecule has 0 unspecified atom stereocenters. The number of hydrogen-bond donors (Lipinski definition) is 1. The Balaban J connectivity index is 1.92. The predicted octanol–water partition coefficient (Wildman–Crippen LogP) is 4.87. The molecular formula is C20H23F3N2O2S. The molecule has 1 aliphatic rings. The molecule has 4 nitrogen and oxygen atoms in total. The van der Waals surface area contributed by atoms with E-state index >= 15 is 0 Å². The van der Waals surface area contributed by atoms with Crippen LogP contribution in [0.1, 0.15) is 48.3 Å². The molecule has 1 aliphatic carbocycles. The van der Waals surface area contributed by atoms with Crippen molar-refractivity contribution in [3.8, 4) is 0 Å². The number of alkyl halides is 3. The van der Waals surface area contributed by atoms with Gasteiger partial charge in [0.25, 0.3) is 0 Å². The molecule has 1 heterocycles. The second-order valence-electron chi connectivity index (χ2n) is 7.44. The SMILES string of the molecule is Cc1cc(N[C@H](C)c2cccc(S(=O)(=O)C(F)F)c2C)cc(C2(CF)CC2)n1. The van der Waals surface area contributed by atoms with Crippen molar-refractivity contribution in [1.29, 1.82) is 0 Å². The summed E-state index contributed by atoms with van der Waals surface area (Å²) in [7, 11) is -4.68. The fraction of sp³-hybridized carbons (Fsp3) is 0.450. The fourth-order valence-corrected chi connectivity index (χ4v) is 4.47. The van der Waals surface area contributed by atoms with Crippen LogP contribution in [-0.2, 0) is 15.3 Å². The molecule has 1 atom stereocenters. The molecule has 3 rings (SSSR count). The van der Waals surface area contributed by atoms with Crippen molar-refractivity contribution < 1.29 is 21.6 Å². The van der Waals surface area contributed by atoms with Gasteiger partial charge in [0, 0.05) is 22.8 Å². The number of halogens is 3. The smallest absolute Gasteiger partial charge is 0.341 e. The van der Waals surface area contributed by atoms with Gasteiger partial charge in [0.05, 0.1) is 10.6 Å². The van der Waals surface area contributed by atoms with Gasteiger partial charge in [-0.3, -0.25) is 9.37 Å². The van der Waals surface area contributed by atoms with Crippen molar-refractivity contribution in [1.82, 2.24) is 4.98 Å². The van der Waals surface area contributed by atoms with E-state index in [1.807, 2.05) is 26.0 Å². The highest BCUT2D eigenvalue weighted by Gasteiger charge is 2.46. The van der Waals surface area contributed by atoms with Crippen LogP contribution in [0.4, 0.5) is 18.9 Å². The quantitative estimate of drug-likeness (QED) is 0.705. The largest absolute Gasteiger partial charge is 0.378 e. The number of nitrogens with zero attached hydrogens (tertiary/aromatic N) is 1. The van der Waals surface area contributed by atoms with E-state index in [0.717, 1.165) is 24.2 Å². The number of sulfone groups is 1. The normalized spacial score (nSPS) is 16.8. The predicted molar refractivity (Wildman–Crippen MR) is 102 cm³/mol. The van der Waals surface area contributed by atoms with Crippen LogP contribution in [0.25, 0.3) is 0 Å². The Morgan fingerprint density at radius 3 is 2.46 bits per heavy atom. The molecule has 0 saturated heterocycles. The minimum absolute atomic E-state index is 0.288. The van der Waals surface area contributed by atoms with Gasteiger partial charge in [0.2, 0.25) is 9.84 Å². The average molecular weight is 412 g/mol. The molecule has 0 spiro atoms. The van der Waals surface area contributed by atoms with Gasteiger partial charge in [0.1, 0.15) is 6.67 Å². The molecule has 1 aromatic heterocycles. The highest BCUT2D eigenvalue weighted by atomic mass is 32.2. The zero-order valence-electron chi connectivity index (χ0n) is 16.0. The van der Waals surface area contributed by atoms with Crippen molar-refractivity contribution >= 4 is 15.5 Å². The Hall–Kier alpha value is -2.09. The monoisotopic (exact) mass is 412 g/mol. The van der Waals surface area contributed by atoms with E-state index in [4.69, 9.17) is 0 Å². The summed E-state index contributed by atoms with van der Waals surface area (Å²) in [5, 5.41) is 3.27. The Morgan fingerprint density at radius 2 is 1.89 bits per heavy atom. The number of pyridine rings is 1. The van der Waals surface area contributed by atoms with Gasteiger partial charge in [-0.2, -0.15) is 8.78 Å². The van der Waals surface area contributed by atoms with Crippen LogP contribution in [-0.4, -0.2) is 25.8 Å². The molecule has 1 N–H and O–H groups in total. The van der Waals surface area contributed by atoms with Gasteiger partial charge < -0.3 is 5.32 Å². The van der Waals surface area contributed by atoms with Crippen LogP contribution in [0.3, 0.4) is 0 Å². The minimum Gasteiger partial charge on any atom is -0.378 e. The first kappa shape index (κ1) is 20.6. The average Bonchev–Trinajstić information content (AvgIpc) is 3.42. The summed E-state index contributed by atoms with van der Waals surface area (Å²) in [6.07, 6.45) is 1.53. The Morgan fingerprint density at radius 1 is 1.21 bits per heavy atom. The van der Waals surface area contributed by atoms with Crippen molar-refractivity contribution in [3.05, 3.63) is 52.8 Å². The summed E-state index contributed by atoms with van der Waals surface area (Å²) >= 11 is 0. The lowest BCUT2D eigenvalue weighted by Crippen LogP contribution is -2.16. The summed E-state index contributed by atoms with van der Waals surface area (Å²) in [4.78, 5) is 4.09. The summed E-state index contributed by atoms with van der Waals surface area (Å²) in [5.74, 6) is -3.47. The molecule has 2 aromatic rings. The zero-order chi connectivity index (χ0) is 20.7. The van der Waals surface area contributed by atoms with Crippen LogP contribution < -0.4 is 5.32 Å². The van der Waals surface area contributed by atoms with E-state index in [1.165, 1.54) is 19.1 Å². The maximum absolute atomic E-state index is 13.4. The van der Waals surface area contributed by atoms with Gasteiger partial charge >= 0.3 is 5.76 Å². The van der Waals surface area contributed by atoms with Crippen molar-refractivity contribution in [2.75, 3.05) is 12.0 Å². The highest BCUT2D eigenvalue weighted by Crippen LogP contribution is 2.48. The third kappa shape index (κ3) is 3.74. The van der Waals surface area contributed by atoms with Gasteiger partial charge in [-0.15, -0.1) is 0 Å². The van der Waals surface area contributed by atoms with E-state index in [2.05, 4.69) is 10.3 Å². The lowest BCUT2D eigenvalue weighted by Gasteiger charge is -2.21. The summed E-state index contributed by atoms with van der Waals surface area (Å²) in [6.45, 7) is 4.71. The van der Waals surface area contributed by atoms with Crippen molar-refractivity contribution in [2.45, 2.75) is 55.7 Å². The molecule has 1 aromatic carbocycles.